The largest absolute Gasteiger partial charge is 0.462 e. The molecule has 0 aromatic carbocycles. The molecule has 0 spiro atoms. The van der Waals surface area contributed by atoms with Crippen LogP contribution >= 0.6 is 0 Å². The Labute approximate surface area is 82.0 Å². The van der Waals surface area contributed by atoms with Gasteiger partial charge in [0.2, 0.25) is 5.91 Å². The lowest BCUT2D eigenvalue weighted by Crippen LogP contribution is -2.38. The van der Waals surface area contributed by atoms with E-state index in [2.05, 4.69) is 5.32 Å². The van der Waals surface area contributed by atoms with Gasteiger partial charge in [-0.15, -0.1) is 0 Å². The Kier molecular flexibility index (Phi) is 1.47. The van der Waals surface area contributed by atoms with Gasteiger partial charge in [0, 0.05) is 13.0 Å². The second kappa shape index (κ2) is 2.49. The summed E-state index contributed by atoms with van der Waals surface area (Å²) in [6.07, 6.45) is 2.02. The number of ether oxygens (including phenoxy) is 1. The van der Waals surface area contributed by atoms with Crippen LogP contribution in [0.25, 0.3) is 0 Å². The molecular weight excluding hydrogens is 182 g/mol. The second-order valence-corrected chi connectivity index (χ2v) is 4.54. The smallest absolute Gasteiger partial charge is 0.310 e. The number of carbonyl (C=O) groups is 2. The van der Waals surface area contributed by atoms with Crippen molar-refractivity contribution in [3.05, 3.63) is 0 Å². The molecule has 0 aromatic heterocycles. The minimum Gasteiger partial charge on any atom is -0.462 e. The highest BCUT2D eigenvalue weighted by molar-refractivity contribution is 5.88. The lowest BCUT2D eigenvalue weighted by Gasteiger charge is -2.22. The molecule has 76 valence electrons. The van der Waals surface area contributed by atoms with Crippen molar-refractivity contribution < 1.29 is 14.3 Å². The molecule has 3 aliphatic rings. The number of hydrogen-bond donors (Lipinski definition) is 1. The molecule has 0 radical (unpaired) electrons. The van der Waals surface area contributed by atoms with E-state index in [4.69, 9.17) is 4.74 Å². The Bertz CT molecular complexity index is 312. The van der Waals surface area contributed by atoms with Gasteiger partial charge in [0.1, 0.15) is 6.10 Å². The minimum atomic E-state index is -0.145. The predicted octanol–water partition coefficient (Wildman–Crippen LogP) is -0.0700. The molecule has 2 saturated carbocycles. The molecule has 1 heterocycles. The van der Waals surface area contributed by atoms with Gasteiger partial charge in [-0.3, -0.25) is 9.59 Å². The van der Waals surface area contributed by atoms with Crippen molar-refractivity contribution in [3.8, 4) is 0 Å². The molecule has 2 bridgehead atoms. The molecule has 1 saturated heterocycles. The van der Waals surface area contributed by atoms with Crippen LogP contribution in [0.5, 0.6) is 0 Å². The Morgan fingerprint density at radius 1 is 1.50 bits per heavy atom. The molecule has 14 heavy (non-hydrogen) atoms. The van der Waals surface area contributed by atoms with Crippen molar-refractivity contribution in [1.29, 1.82) is 0 Å². The van der Waals surface area contributed by atoms with Crippen LogP contribution in [0.3, 0.4) is 0 Å². The first-order chi connectivity index (χ1) is 6.72. The van der Waals surface area contributed by atoms with Crippen LogP contribution in [0.15, 0.2) is 0 Å². The molecule has 1 amide bonds. The third kappa shape index (κ3) is 0.792. The highest BCUT2D eigenvalue weighted by atomic mass is 16.6. The molecule has 5 atom stereocenters. The SMILES string of the molecule is CNC(=O)[C@H]1[C@H]2C[C@@H]3[C@@H]1C(=O)O[C@@H]3C2. The first kappa shape index (κ1) is 8.26. The lowest BCUT2D eigenvalue weighted by atomic mass is 9.79. The first-order valence-corrected chi connectivity index (χ1v) is 5.14. The van der Waals surface area contributed by atoms with E-state index in [9.17, 15) is 9.59 Å². The average molecular weight is 195 g/mol. The fraction of sp³-hybridized carbons (Fsp3) is 0.800. The zero-order valence-electron chi connectivity index (χ0n) is 8.03. The van der Waals surface area contributed by atoms with Gasteiger partial charge < -0.3 is 10.1 Å². The topological polar surface area (TPSA) is 55.4 Å². The van der Waals surface area contributed by atoms with Crippen molar-refractivity contribution in [3.63, 3.8) is 0 Å². The molecule has 2 aliphatic carbocycles. The number of amides is 1. The fourth-order valence-corrected chi connectivity index (χ4v) is 3.53. The third-order valence-electron chi connectivity index (χ3n) is 4.03. The molecule has 0 aromatic rings. The van der Waals surface area contributed by atoms with Crippen LogP contribution < -0.4 is 5.32 Å². The second-order valence-electron chi connectivity index (χ2n) is 4.54. The minimum absolute atomic E-state index is 0.0137. The molecular formula is C10H13NO3. The van der Waals surface area contributed by atoms with Gasteiger partial charge in [0.15, 0.2) is 0 Å². The summed E-state index contributed by atoms with van der Waals surface area (Å²) in [5.74, 6) is 0.319. The van der Waals surface area contributed by atoms with E-state index >= 15 is 0 Å². The van der Waals surface area contributed by atoms with Crippen LogP contribution in [-0.2, 0) is 14.3 Å². The van der Waals surface area contributed by atoms with Crippen molar-refractivity contribution in [2.75, 3.05) is 7.05 Å². The van der Waals surface area contributed by atoms with E-state index in [1.54, 1.807) is 7.05 Å². The van der Waals surface area contributed by atoms with Crippen LogP contribution in [0.1, 0.15) is 12.8 Å². The number of hydrogen-bond acceptors (Lipinski definition) is 3. The van der Waals surface area contributed by atoms with Gasteiger partial charge >= 0.3 is 5.97 Å². The van der Waals surface area contributed by atoms with Gasteiger partial charge in [-0.25, -0.2) is 0 Å². The van der Waals surface area contributed by atoms with Crippen LogP contribution in [0.4, 0.5) is 0 Å². The molecule has 1 N–H and O–H groups in total. The van der Waals surface area contributed by atoms with Crippen LogP contribution in [-0.4, -0.2) is 25.0 Å². The Morgan fingerprint density at radius 2 is 2.29 bits per heavy atom. The van der Waals surface area contributed by atoms with Gasteiger partial charge in [0.25, 0.3) is 0 Å². The van der Waals surface area contributed by atoms with Crippen LogP contribution in [0.2, 0.25) is 0 Å². The van der Waals surface area contributed by atoms with Gasteiger partial charge in [-0.05, 0) is 18.8 Å². The van der Waals surface area contributed by atoms with Gasteiger partial charge in [-0.1, -0.05) is 0 Å². The van der Waals surface area contributed by atoms with E-state index in [1.807, 2.05) is 0 Å². The fourth-order valence-electron chi connectivity index (χ4n) is 3.53. The molecule has 4 nitrogen and oxygen atoms in total. The monoisotopic (exact) mass is 195 g/mol. The van der Waals surface area contributed by atoms with E-state index in [1.165, 1.54) is 0 Å². The standard InChI is InChI=1S/C10H13NO3/c1-11-9(12)7-4-2-5-6(3-4)14-10(13)8(5)7/h4-8H,2-3H2,1H3,(H,11,12)/t4-,5-,6+,7-,8-/m0/s1. The maximum Gasteiger partial charge on any atom is 0.310 e. The van der Waals surface area contributed by atoms with E-state index in [-0.39, 0.29) is 29.8 Å². The quantitative estimate of drug-likeness (QED) is 0.596. The first-order valence-electron chi connectivity index (χ1n) is 5.14. The number of fused-ring (bicyclic) bond motifs is 1. The number of esters is 1. The zero-order chi connectivity index (χ0) is 9.87. The van der Waals surface area contributed by atoms with Gasteiger partial charge in [0.05, 0.1) is 11.8 Å². The van der Waals surface area contributed by atoms with Crippen molar-refractivity contribution >= 4 is 11.9 Å². The van der Waals surface area contributed by atoms with Gasteiger partial charge in [-0.2, -0.15) is 0 Å². The molecule has 3 rings (SSSR count). The highest BCUT2D eigenvalue weighted by Crippen LogP contribution is 2.57. The summed E-state index contributed by atoms with van der Waals surface area (Å²) in [6.45, 7) is 0. The van der Waals surface area contributed by atoms with E-state index in [0.717, 1.165) is 12.8 Å². The number of carbonyl (C=O) groups excluding carboxylic acids is 2. The Morgan fingerprint density at radius 3 is 3.00 bits per heavy atom. The Hall–Kier alpha value is -1.06. The summed E-state index contributed by atoms with van der Waals surface area (Å²) in [5.41, 5.74) is 0. The van der Waals surface area contributed by atoms with E-state index in [0.29, 0.717) is 11.8 Å². The highest BCUT2D eigenvalue weighted by Gasteiger charge is 2.63. The summed E-state index contributed by atoms with van der Waals surface area (Å²) < 4.78 is 5.25. The maximum atomic E-state index is 11.6. The third-order valence-corrected chi connectivity index (χ3v) is 4.03. The van der Waals surface area contributed by atoms with Crippen LogP contribution in [0, 0.1) is 23.7 Å². The molecule has 4 heteroatoms. The number of rotatable bonds is 1. The van der Waals surface area contributed by atoms with Crippen molar-refractivity contribution in [1.82, 2.24) is 5.32 Å². The number of nitrogens with one attached hydrogen (secondary N) is 1. The molecule has 3 fully saturated rings. The van der Waals surface area contributed by atoms with Crippen molar-refractivity contribution in [2.45, 2.75) is 18.9 Å². The Balaban J connectivity index is 1.95. The summed E-state index contributed by atoms with van der Waals surface area (Å²) in [7, 11) is 1.63. The normalized spacial score (nSPS) is 48.1. The summed E-state index contributed by atoms with van der Waals surface area (Å²) in [4.78, 5) is 23.1. The molecule has 1 aliphatic heterocycles. The summed E-state index contributed by atoms with van der Waals surface area (Å²) in [5, 5.41) is 2.65. The van der Waals surface area contributed by atoms with Crippen molar-refractivity contribution in [2.24, 2.45) is 23.7 Å². The summed E-state index contributed by atoms with van der Waals surface area (Å²) in [6, 6.07) is 0. The maximum absolute atomic E-state index is 11.6. The average Bonchev–Trinajstić information content (AvgIpc) is 2.75. The lowest BCUT2D eigenvalue weighted by molar-refractivity contribution is -0.145. The summed E-state index contributed by atoms with van der Waals surface area (Å²) >= 11 is 0. The predicted molar refractivity (Wildman–Crippen MR) is 47.1 cm³/mol. The molecule has 0 unspecified atom stereocenters. The van der Waals surface area contributed by atoms with E-state index < -0.39 is 0 Å². The zero-order valence-corrected chi connectivity index (χ0v) is 8.03.